The lowest BCUT2D eigenvalue weighted by Crippen LogP contribution is -2.37. The summed E-state index contributed by atoms with van der Waals surface area (Å²) in [6.45, 7) is 4.01. The molecule has 0 amide bonds. The van der Waals surface area contributed by atoms with E-state index in [4.69, 9.17) is 9.47 Å². The van der Waals surface area contributed by atoms with Gasteiger partial charge < -0.3 is 9.47 Å². The van der Waals surface area contributed by atoms with E-state index in [1.54, 1.807) is 6.92 Å². The van der Waals surface area contributed by atoms with Gasteiger partial charge in [-0.3, -0.25) is 14.9 Å². The molecule has 1 aliphatic carbocycles. The van der Waals surface area contributed by atoms with Crippen LogP contribution in [0.1, 0.15) is 49.9 Å². The fraction of sp³-hybridized carbons (Fsp3) is 0.529. The van der Waals surface area contributed by atoms with E-state index in [1.165, 1.54) is 24.3 Å². The molecule has 7 heteroatoms. The van der Waals surface area contributed by atoms with Crippen molar-refractivity contribution in [3.8, 4) is 0 Å². The first-order valence-corrected chi connectivity index (χ1v) is 7.98. The van der Waals surface area contributed by atoms with Crippen LogP contribution in [-0.4, -0.2) is 29.6 Å². The monoisotopic (exact) mass is 335 g/mol. The molecule has 0 aromatic heterocycles. The summed E-state index contributed by atoms with van der Waals surface area (Å²) in [7, 11) is 0. The van der Waals surface area contributed by atoms with Gasteiger partial charge in [-0.15, -0.1) is 0 Å². The quantitative estimate of drug-likeness (QED) is 0.465. The third-order valence-electron chi connectivity index (χ3n) is 4.39. The second-order valence-electron chi connectivity index (χ2n) is 6.19. The highest BCUT2D eigenvalue weighted by atomic mass is 16.6. The summed E-state index contributed by atoms with van der Waals surface area (Å²) >= 11 is 0. The molecule has 0 saturated heterocycles. The lowest BCUT2D eigenvalue weighted by molar-refractivity contribution is -0.384. The number of carbonyl (C=O) groups is 2. The summed E-state index contributed by atoms with van der Waals surface area (Å²) in [4.78, 5) is 34.2. The molecule has 2 rings (SSSR count). The molecule has 0 unspecified atom stereocenters. The van der Waals surface area contributed by atoms with Crippen LogP contribution in [0.4, 0.5) is 5.69 Å². The Balaban J connectivity index is 1.90. The van der Waals surface area contributed by atoms with Gasteiger partial charge in [-0.1, -0.05) is 0 Å². The fourth-order valence-corrected chi connectivity index (χ4v) is 2.79. The second kappa shape index (κ2) is 7.42. The molecule has 0 radical (unpaired) electrons. The highest BCUT2D eigenvalue weighted by Crippen LogP contribution is 2.38. The molecule has 0 bridgehead atoms. The van der Waals surface area contributed by atoms with Gasteiger partial charge in [0.05, 0.1) is 22.5 Å². The molecular formula is C17H21NO6. The molecule has 7 nitrogen and oxygen atoms in total. The Bertz CT molecular complexity index is 616. The van der Waals surface area contributed by atoms with Gasteiger partial charge in [0.2, 0.25) is 0 Å². The molecule has 0 heterocycles. The van der Waals surface area contributed by atoms with Crippen LogP contribution in [0.2, 0.25) is 0 Å². The molecule has 130 valence electrons. The number of non-ortho nitro benzene ring substituents is 1. The van der Waals surface area contributed by atoms with Crippen molar-refractivity contribution in [3.05, 3.63) is 39.9 Å². The maximum Gasteiger partial charge on any atom is 0.338 e. The van der Waals surface area contributed by atoms with Crippen molar-refractivity contribution in [2.75, 3.05) is 6.61 Å². The summed E-state index contributed by atoms with van der Waals surface area (Å²) in [5.41, 5.74) is -0.319. The number of ether oxygens (including phenoxy) is 2. The molecule has 0 N–H and O–H groups in total. The molecular weight excluding hydrogens is 314 g/mol. The third kappa shape index (κ3) is 4.10. The van der Waals surface area contributed by atoms with E-state index < -0.39 is 16.3 Å². The smallest absolute Gasteiger partial charge is 0.338 e. The van der Waals surface area contributed by atoms with E-state index in [1.807, 2.05) is 6.92 Å². The van der Waals surface area contributed by atoms with Crippen molar-refractivity contribution in [1.82, 2.24) is 0 Å². The van der Waals surface area contributed by atoms with Gasteiger partial charge in [0, 0.05) is 12.1 Å². The third-order valence-corrected chi connectivity index (χ3v) is 4.39. The predicted molar refractivity (Wildman–Crippen MR) is 85.5 cm³/mol. The Labute approximate surface area is 140 Å². The molecule has 1 aromatic rings. The van der Waals surface area contributed by atoms with Crippen LogP contribution >= 0.6 is 0 Å². The van der Waals surface area contributed by atoms with Gasteiger partial charge in [0.25, 0.3) is 5.69 Å². The zero-order chi connectivity index (χ0) is 17.7. The minimum atomic E-state index is -0.522. The van der Waals surface area contributed by atoms with Crippen LogP contribution in [0.3, 0.4) is 0 Å². The average molecular weight is 335 g/mol. The molecule has 0 spiro atoms. The minimum Gasteiger partial charge on any atom is -0.466 e. The number of hydrogen-bond acceptors (Lipinski definition) is 6. The van der Waals surface area contributed by atoms with Crippen molar-refractivity contribution in [1.29, 1.82) is 0 Å². The number of esters is 2. The van der Waals surface area contributed by atoms with Gasteiger partial charge in [0.15, 0.2) is 0 Å². The van der Waals surface area contributed by atoms with Crippen molar-refractivity contribution in [2.45, 2.75) is 45.6 Å². The number of nitro groups is 1. The molecule has 24 heavy (non-hydrogen) atoms. The number of nitro benzene ring substituents is 1. The van der Waals surface area contributed by atoms with E-state index in [-0.39, 0.29) is 23.3 Å². The SMILES string of the molecule is CCOC(=O)C1(C)CCC(OC(=O)c2ccc([N+](=O)[O-])cc2)CC1. The number of hydrogen-bond donors (Lipinski definition) is 0. The van der Waals surface area contributed by atoms with Crippen molar-refractivity contribution < 1.29 is 24.0 Å². The first-order chi connectivity index (χ1) is 11.4. The van der Waals surface area contributed by atoms with Crippen molar-refractivity contribution >= 4 is 17.6 Å². The summed E-state index contributed by atoms with van der Waals surface area (Å²) in [6, 6.07) is 5.31. The minimum absolute atomic E-state index is 0.0746. The summed E-state index contributed by atoms with van der Waals surface area (Å²) in [5.74, 6) is -0.709. The summed E-state index contributed by atoms with van der Waals surface area (Å²) in [6.07, 6.45) is 2.13. The Hall–Kier alpha value is -2.44. The number of rotatable bonds is 5. The highest BCUT2D eigenvalue weighted by Gasteiger charge is 2.39. The average Bonchev–Trinajstić information content (AvgIpc) is 2.57. The van der Waals surface area contributed by atoms with Gasteiger partial charge in [-0.2, -0.15) is 0 Å². The second-order valence-corrected chi connectivity index (χ2v) is 6.19. The highest BCUT2D eigenvalue weighted by molar-refractivity contribution is 5.89. The fourth-order valence-electron chi connectivity index (χ4n) is 2.79. The van der Waals surface area contributed by atoms with Crippen LogP contribution < -0.4 is 0 Å². The Kier molecular flexibility index (Phi) is 5.54. The van der Waals surface area contributed by atoms with Gasteiger partial charge >= 0.3 is 11.9 Å². The van der Waals surface area contributed by atoms with Gasteiger partial charge in [-0.05, 0) is 51.7 Å². The van der Waals surface area contributed by atoms with Gasteiger partial charge in [0.1, 0.15) is 6.10 Å². The maximum atomic E-state index is 12.1. The van der Waals surface area contributed by atoms with Crippen LogP contribution in [0.5, 0.6) is 0 Å². The van der Waals surface area contributed by atoms with E-state index in [0.29, 0.717) is 32.3 Å². The topological polar surface area (TPSA) is 95.7 Å². The molecule has 0 aliphatic heterocycles. The molecule has 1 saturated carbocycles. The van der Waals surface area contributed by atoms with Crippen molar-refractivity contribution in [3.63, 3.8) is 0 Å². The predicted octanol–water partition coefficient (Wildman–Crippen LogP) is 3.26. The van der Waals surface area contributed by atoms with Crippen LogP contribution in [0, 0.1) is 15.5 Å². The van der Waals surface area contributed by atoms with Crippen LogP contribution in [-0.2, 0) is 14.3 Å². The first kappa shape index (κ1) is 17.9. The lowest BCUT2D eigenvalue weighted by atomic mass is 9.74. The molecule has 1 aliphatic rings. The first-order valence-electron chi connectivity index (χ1n) is 7.98. The number of benzene rings is 1. The van der Waals surface area contributed by atoms with E-state index in [9.17, 15) is 19.7 Å². The Morgan fingerprint density at radius 1 is 1.25 bits per heavy atom. The lowest BCUT2D eigenvalue weighted by Gasteiger charge is -2.34. The largest absolute Gasteiger partial charge is 0.466 e. The summed E-state index contributed by atoms with van der Waals surface area (Å²) < 4.78 is 10.5. The summed E-state index contributed by atoms with van der Waals surface area (Å²) in [5, 5.41) is 10.6. The van der Waals surface area contributed by atoms with E-state index >= 15 is 0 Å². The molecule has 1 aromatic carbocycles. The molecule has 0 atom stereocenters. The zero-order valence-electron chi connectivity index (χ0n) is 13.8. The standard InChI is InChI=1S/C17H21NO6/c1-3-23-16(20)17(2)10-8-14(9-11-17)24-15(19)12-4-6-13(7-5-12)18(21)22/h4-7,14H,3,8-11H2,1-2H3. The number of nitrogens with zero attached hydrogens (tertiary/aromatic N) is 1. The maximum absolute atomic E-state index is 12.1. The Morgan fingerprint density at radius 3 is 2.33 bits per heavy atom. The Morgan fingerprint density at radius 2 is 1.83 bits per heavy atom. The van der Waals surface area contributed by atoms with Crippen LogP contribution in [0.25, 0.3) is 0 Å². The zero-order valence-corrected chi connectivity index (χ0v) is 13.8. The van der Waals surface area contributed by atoms with Crippen LogP contribution in [0.15, 0.2) is 24.3 Å². The van der Waals surface area contributed by atoms with E-state index in [2.05, 4.69) is 0 Å². The van der Waals surface area contributed by atoms with Gasteiger partial charge in [-0.25, -0.2) is 4.79 Å². The molecule has 1 fully saturated rings. The van der Waals surface area contributed by atoms with E-state index in [0.717, 1.165) is 0 Å². The normalized spacial score (nSPS) is 23.3. The number of carbonyl (C=O) groups excluding carboxylic acids is 2. The van der Waals surface area contributed by atoms with Crippen molar-refractivity contribution in [2.24, 2.45) is 5.41 Å².